The SMILES string of the molecule is CNC(=S)N/N=C\c1cccc(OC)c1OCCCOc1ccc(C)c(C)c1. The molecule has 0 aliphatic carbocycles. The van der Waals surface area contributed by atoms with Crippen LogP contribution in [0.25, 0.3) is 0 Å². The molecule has 0 aromatic heterocycles. The maximum Gasteiger partial charge on any atom is 0.186 e. The van der Waals surface area contributed by atoms with Gasteiger partial charge < -0.3 is 19.5 Å². The Labute approximate surface area is 171 Å². The lowest BCUT2D eigenvalue weighted by atomic mass is 10.1. The third-order valence-electron chi connectivity index (χ3n) is 4.11. The van der Waals surface area contributed by atoms with Gasteiger partial charge in [-0.3, -0.25) is 5.43 Å². The highest BCUT2D eigenvalue weighted by Gasteiger charge is 2.09. The molecule has 6 nitrogen and oxygen atoms in total. The van der Waals surface area contributed by atoms with Gasteiger partial charge in [0, 0.05) is 19.0 Å². The molecule has 2 N–H and O–H groups in total. The molecule has 2 aromatic rings. The summed E-state index contributed by atoms with van der Waals surface area (Å²) in [6.07, 6.45) is 2.39. The molecule has 0 spiro atoms. The van der Waals surface area contributed by atoms with E-state index in [1.165, 1.54) is 11.1 Å². The molecule has 0 heterocycles. The summed E-state index contributed by atoms with van der Waals surface area (Å²) in [5.74, 6) is 2.16. The second kappa shape index (κ2) is 11.1. The molecule has 28 heavy (non-hydrogen) atoms. The first-order chi connectivity index (χ1) is 13.5. The van der Waals surface area contributed by atoms with E-state index in [1.54, 1.807) is 20.4 Å². The van der Waals surface area contributed by atoms with Crippen molar-refractivity contribution < 1.29 is 14.2 Å². The average Bonchev–Trinajstić information content (AvgIpc) is 2.70. The summed E-state index contributed by atoms with van der Waals surface area (Å²) in [4.78, 5) is 0. The van der Waals surface area contributed by atoms with Crippen molar-refractivity contribution in [3.05, 3.63) is 53.1 Å². The van der Waals surface area contributed by atoms with Crippen molar-refractivity contribution >= 4 is 23.5 Å². The van der Waals surface area contributed by atoms with Crippen molar-refractivity contribution in [1.29, 1.82) is 0 Å². The number of benzene rings is 2. The number of nitrogens with one attached hydrogen (secondary N) is 2. The third-order valence-corrected chi connectivity index (χ3v) is 4.40. The summed E-state index contributed by atoms with van der Waals surface area (Å²) in [7, 11) is 3.34. The van der Waals surface area contributed by atoms with Crippen molar-refractivity contribution in [2.45, 2.75) is 20.3 Å². The molecule has 0 bridgehead atoms. The quantitative estimate of drug-likeness (QED) is 0.290. The van der Waals surface area contributed by atoms with E-state index in [0.29, 0.717) is 29.8 Å². The Morgan fingerprint density at radius 1 is 1.11 bits per heavy atom. The average molecular weight is 402 g/mol. The number of ether oxygens (including phenoxy) is 3. The van der Waals surface area contributed by atoms with Gasteiger partial charge in [-0.05, 0) is 61.5 Å². The van der Waals surface area contributed by atoms with Gasteiger partial charge in [0.1, 0.15) is 5.75 Å². The maximum absolute atomic E-state index is 5.95. The topological polar surface area (TPSA) is 64.1 Å². The first kappa shape index (κ1) is 21.5. The zero-order chi connectivity index (χ0) is 20.4. The third kappa shape index (κ3) is 6.42. The van der Waals surface area contributed by atoms with Gasteiger partial charge in [0.05, 0.1) is 26.5 Å². The van der Waals surface area contributed by atoms with Crippen LogP contribution in [0, 0.1) is 13.8 Å². The Morgan fingerprint density at radius 2 is 1.89 bits per heavy atom. The molecule has 0 saturated heterocycles. The molecule has 0 radical (unpaired) electrons. The fraction of sp³-hybridized carbons (Fsp3) is 0.333. The highest BCUT2D eigenvalue weighted by molar-refractivity contribution is 7.80. The largest absolute Gasteiger partial charge is 0.493 e. The Morgan fingerprint density at radius 3 is 2.61 bits per heavy atom. The van der Waals surface area contributed by atoms with Crippen LogP contribution in [0.15, 0.2) is 41.5 Å². The molecule has 0 fully saturated rings. The molecule has 2 rings (SSSR count). The standard InChI is InChI=1S/C21H27N3O3S/c1-15-9-10-18(13-16(15)2)26-11-6-12-27-20-17(7-5-8-19(20)25-4)14-23-24-21(28)22-3/h5,7-10,13-14H,6,11-12H2,1-4H3,(H2,22,24,28)/b23-14-. The molecule has 0 saturated carbocycles. The van der Waals surface area contributed by atoms with Gasteiger partial charge in [-0.25, -0.2) is 0 Å². The lowest BCUT2D eigenvalue weighted by molar-refractivity contribution is 0.240. The summed E-state index contributed by atoms with van der Waals surface area (Å²) in [5.41, 5.74) is 5.99. The van der Waals surface area contributed by atoms with E-state index in [0.717, 1.165) is 17.7 Å². The van der Waals surface area contributed by atoms with Crippen LogP contribution < -0.4 is 25.0 Å². The number of hydrogen-bond acceptors (Lipinski definition) is 5. The van der Waals surface area contributed by atoms with E-state index >= 15 is 0 Å². The lowest BCUT2D eigenvalue weighted by Gasteiger charge is -2.13. The van der Waals surface area contributed by atoms with E-state index in [2.05, 4.69) is 35.8 Å². The van der Waals surface area contributed by atoms with E-state index in [-0.39, 0.29) is 0 Å². The van der Waals surface area contributed by atoms with Gasteiger partial charge in [-0.15, -0.1) is 0 Å². The minimum absolute atomic E-state index is 0.435. The second-order valence-electron chi connectivity index (χ2n) is 6.12. The summed E-state index contributed by atoms with van der Waals surface area (Å²) >= 11 is 5.00. The summed E-state index contributed by atoms with van der Waals surface area (Å²) in [6, 6.07) is 11.7. The molecule has 7 heteroatoms. The summed E-state index contributed by atoms with van der Waals surface area (Å²) < 4.78 is 17.2. The van der Waals surface area contributed by atoms with Crippen LogP contribution in [0.5, 0.6) is 17.2 Å². The monoisotopic (exact) mass is 401 g/mol. The number of hydrogen-bond donors (Lipinski definition) is 2. The number of methoxy groups -OCH3 is 1. The first-order valence-electron chi connectivity index (χ1n) is 9.05. The minimum atomic E-state index is 0.435. The Balaban J connectivity index is 1.91. The zero-order valence-electron chi connectivity index (χ0n) is 16.7. The van der Waals surface area contributed by atoms with Crippen LogP contribution in [0.4, 0.5) is 0 Å². The van der Waals surface area contributed by atoms with Gasteiger partial charge in [-0.2, -0.15) is 5.10 Å². The Hall–Kier alpha value is -2.80. The highest BCUT2D eigenvalue weighted by atomic mass is 32.1. The molecular weight excluding hydrogens is 374 g/mol. The van der Waals surface area contributed by atoms with Crippen molar-refractivity contribution in [3.63, 3.8) is 0 Å². The number of hydrazone groups is 1. The van der Waals surface area contributed by atoms with Crippen molar-refractivity contribution in [3.8, 4) is 17.2 Å². The van der Waals surface area contributed by atoms with Crippen LogP contribution in [0.1, 0.15) is 23.1 Å². The lowest BCUT2D eigenvalue weighted by Crippen LogP contribution is -2.28. The number of rotatable bonds is 9. The predicted molar refractivity (Wildman–Crippen MR) is 117 cm³/mol. The van der Waals surface area contributed by atoms with Gasteiger partial charge in [0.25, 0.3) is 0 Å². The molecule has 0 atom stereocenters. The van der Waals surface area contributed by atoms with Crippen molar-refractivity contribution in [2.24, 2.45) is 5.10 Å². The Bertz CT molecular complexity index is 825. The number of nitrogens with zero attached hydrogens (tertiary/aromatic N) is 1. The molecular formula is C21H27N3O3S. The van der Waals surface area contributed by atoms with Gasteiger partial charge in [-0.1, -0.05) is 12.1 Å². The highest BCUT2D eigenvalue weighted by Crippen LogP contribution is 2.30. The maximum atomic E-state index is 5.95. The molecule has 0 aliphatic rings. The molecule has 0 aliphatic heterocycles. The van der Waals surface area contributed by atoms with Gasteiger partial charge in [0.2, 0.25) is 0 Å². The number of para-hydroxylation sites is 1. The van der Waals surface area contributed by atoms with Crippen molar-refractivity contribution in [2.75, 3.05) is 27.4 Å². The molecule has 0 amide bonds. The van der Waals surface area contributed by atoms with E-state index < -0.39 is 0 Å². The predicted octanol–water partition coefficient (Wildman–Crippen LogP) is 3.59. The first-order valence-corrected chi connectivity index (χ1v) is 9.46. The van der Waals surface area contributed by atoms with Crippen molar-refractivity contribution in [1.82, 2.24) is 10.7 Å². The van der Waals surface area contributed by atoms with Gasteiger partial charge in [0.15, 0.2) is 16.6 Å². The normalized spacial score (nSPS) is 10.6. The summed E-state index contributed by atoms with van der Waals surface area (Å²) in [5, 5.41) is 7.34. The molecule has 150 valence electrons. The minimum Gasteiger partial charge on any atom is -0.493 e. The van der Waals surface area contributed by atoms with Crippen LogP contribution in [0.3, 0.4) is 0 Å². The molecule has 0 unspecified atom stereocenters. The van der Waals surface area contributed by atoms with E-state index in [4.69, 9.17) is 26.4 Å². The molecule has 2 aromatic carbocycles. The van der Waals surface area contributed by atoms with Crippen LogP contribution in [-0.4, -0.2) is 38.7 Å². The zero-order valence-corrected chi connectivity index (χ0v) is 17.6. The fourth-order valence-corrected chi connectivity index (χ4v) is 2.45. The van der Waals surface area contributed by atoms with Crippen LogP contribution in [-0.2, 0) is 0 Å². The van der Waals surface area contributed by atoms with E-state index in [9.17, 15) is 0 Å². The number of thiocarbonyl (C=S) groups is 1. The van der Waals surface area contributed by atoms with E-state index in [1.807, 2.05) is 30.3 Å². The number of aryl methyl sites for hydroxylation is 2. The summed E-state index contributed by atoms with van der Waals surface area (Å²) in [6.45, 7) is 5.23. The Kier molecular flexibility index (Phi) is 8.55. The van der Waals surface area contributed by atoms with Gasteiger partial charge >= 0.3 is 0 Å². The smallest absolute Gasteiger partial charge is 0.186 e. The van der Waals surface area contributed by atoms with Crippen LogP contribution in [0.2, 0.25) is 0 Å². The van der Waals surface area contributed by atoms with Crippen LogP contribution >= 0.6 is 12.2 Å². The second-order valence-corrected chi connectivity index (χ2v) is 6.53. The fourth-order valence-electron chi connectivity index (χ4n) is 2.39.